The van der Waals surface area contributed by atoms with E-state index >= 15 is 0 Å². The molecule has 1 fully saturated rings. The van der Waals surface area contributed by atoms with E-state index in [1.807, 2.05) is 24.3 Å². The quantitative estimate of drug-likeness (QED) is 0.809. The fraction of sp³-hybridized carbons (Fsp3) is 0.467. The van der Waals surface area contributed by atoms with Gasteiger partial charge < -0.3 is 9.84 Å². The minimum Gasteiger partial charge on any atom is -0.392 e. The van der Waals surface area contributed by atoms with Crippen LogP contribution in [0.3, 0.4) is 0 Å². The number of rotatable bonds is 4. The largest absolute Gasteiger partial charge is 0.392 e. The van der Waals surface area contributed by atoms with Gasteiger partial charge in [-0.05, 0) is 18.4 Å². The summed E-state index contributed by atoms with van der Waals surface area (Å²) in [6.45, 7) is 4.39. The Morgan fingerprint density at radius 1 is 1.29 bits per heavy atom. The van der Waals surface area contributed by atoms with Crippen molar-refractivity contribution in [3.8, 4) is 0 Å². The van der Waals surface area contributed by atoms with Gasteiger partial charge in [-0.3, -0.25) is 0 Å². The maximum Gasteiger partial charge on any atom is 0.0720 e. The van der Waals surface area contributed by atoms with Crippen molar-refractivity contribution >= 4 is 0 Å². The van der Waals surface area contributed by atoms with Crippen molar-refractivity contribution in [2.45, 2.75) is 38.1 Å². The normalized spacial score (nSPS) is 28.9. The van der Waals surface area contributed by atoms with E-state index in [1.165, 1.54) is 5.56 Å². The molecule has 0 aliphatic heterocycles. The average Bonchev–Trinajstić information content (AvgIpc) is 2.38. The van der Waals surface area contributed by atoms with Gasteiger partial charge in [0.15, 0.2) is 0 Å². The summed E-state index contributed by atoms with van der Waals surface area (Å²) in [6.07, 6.45) is 4.47. The highest BCUT2D eigenvalue weighted by molar-refractivity contribution is 5.13. The van der Waals surface area contributed by atoms with Crippen LogP contribution in [0, 0.1) is 5.92 Å². The highest BCUT2D eigenvalue weighted by atomic mass is 16.5. The van der Waals surface area contributed by atoms with Crippen LogP contribution >= 0.6 is 0 Å². The number of aliphatic hydroxyl groups excluding tert-OH is 1. The standard InChI is InChI=1S/C15H20O2/c1-2-13-8-9-14(10-15(13)16)17-11-12-6-4-3-5-7-12/h2-7,13-16H,1,8-11H2/t13-,14+,15-/m1/s1. The number of hydrogen-bond acceptors (Lipinski definition) is 2. The van der Waals surface area contributed by atoms with Crippen molar-refractivity contribution in [2.75, 3.05) is 0 Å². The molecule has 0 amide bonds. The minimum atomic E-state index is -0.290. The molecule has 1 aliphatic rings. The molecule has 1 saturated carbocycles. The zero-order valence-corrected chi connectivity index (χ0v) is 10.1. The van der Waals surface area contributed by atoms with Gasteiger partial charge in [0.25, 0.3) is 0 Å². The second kappa shape index (κ2) is 5.99. The van der Waals surface area contributed by atoms with Gasteiger partial charge in [0.05, 0.1) is 18.8 Å². The van der Waals surface area contributed by atoms with Crippen LogP contribution in [-0.4, -0.2) is 17.3 Å². The number of benzene rings is 1. The summed E-state index contributed by atoms with van der Waals surface area (Å²) in [5, 5.41) is 9.89. The predicted octanol–water partition coefficient (Wildman–Crippen LogP) is 2.92. The molecule has 0 bridgehead atoms. The second-order valence-corrected chi connectivity index (χ2v) is 4.70. The van der Waals surface area contributed by atoms with Crippen LogP contribution in [0.5, 0.6) is 0 Å². The van der Waals surface area contributed by atoms with E-state index in [0.29, 0.717) is 6.61 Å². The average molecular weight is 232 g/mol. The first-order chi connectivity index (χ1) is 8.29. The van der Waals surface area contributed by atoms with Crippen LogP contribution in [0.15, 0.2) is 43.0 Å². The lowest BCUT2D eigenvalue weighted by atomic mass is 9.85. The monoisotopic (exact) mass is 232 g/mol. The Kier molecular flexibility index (Phi) is 4.35. The Labute approximate surface area is 103 Å². The van der Waals surface area contributed by atoms with E-state index in [9.17, 15) is 5.11 Å². The summed E-state index contributed by atoms with van der Waals surface area (Å²) < 4.78 is 5.84. The molecule has 0 saturated heterocycles. The smallest absolute Gasteiger partial charge is 0.0720 e. The van der Waals surface area contributed by atoms with E-state index in [2.05, 4.69) is 18.7 Å². The molecule has 1 aromatic carbocycles. The second-order valence-electron chi connectivity index (χ2n) is 4.70. The fourth-order valence-corrected chi connectivity index (χ4v) is 2.35. The van der Waals surface area contributed by atoms with Gasteiger partial charge in [0.2, 0.25) is 0 Å². The van der Waals surface area contributed by atoms with Crippen molar-refractivity contribution in [2.24, 2.45) is 5.92 Å². The molecule has 0 radical (unpaired) electrons. The van der Waals surface area contributed by atoms with Crippen molar-refractivity contribution in [3.63, 3.8) is 0 Å². The molecular weight excluding hydrogens is 212 g/mol. The topological polar surface area (TPSA) is 29.5 Å². The molecule has 92 valence electrons. The fourth-order valence-electron chi connectivity index (χ4n) is 2.35. The Hall–Kier alpha value is -1.12. The van der Waals surface area contributed by atoms with Gasteiger partial charge in [-0.1, -0.05) is 36.4 Å². The number of aliphatic hydroxyl groups is 1. The summed E-state index contributed by atoms with van der Waals surface area (Å²) in [5.41, 5.74) is 1.19. The van der Waals surface area contributed by atoms with Crippen molar-refractivity contribution in [1.82, 2.24) is 0 Å². The van der Waals surface area contributed by atoms with Crippen LogP contribution in [0.2, 0.25) is 0 Å². The van der Waals surface area contributed by atoms with Gasteiger partial charge in [-0.2, -0.15) is 0 Å². The van der Waals surface area contributed by atoms with E-state index in [-0.39, 0.29) is 18.1 Å². The molecule has 2 rings (SSSR count). The van der Waals surface area contributed by atoms with Crippen LogP contribution < -0.4 is 0 Å². The van der Waals surface area contributed by atoms with Gasteiger partial charge in [-0.15, -0.1) is 6.58 Å². The maximum absolute atomic E-state index is 9.89. The summed E-state index contributed by atoms with van der Waals surface area (Å²) in [6, 6.07) is 10.2. The molecule has 3 atom stereocenters. The lowest BCUT2D eigenvalue weighted by Crippen LogP contribution is -2.32. The lowest BCUT2D eigenvalue weighted by Gasteiger charge is -2.31. The van der Waals surface area contributed by atoms with Crippen molar-refractivity contribution < 1.29 is 9.84 Å². The van der Waals surface area contributed by atoms with Crippen molar-refractivity contribution in [3.05, 3.63) is 48.6 Å². The Bertz CT molecular complexity index is 347. The first-order valence-electron chi connectivity index (χ1n) is 6.25. The molecule has 17 heavy (non-hydrogen) atoms. The summed E-state index contributed by atoms with van der Waals surface area (Å²) in [5.74, 6) is 0.242. The van der Waals surface area contributed by atoms with E-state index in [4.69, 9.17) is 4.74 Å². The molecule has 2 heteroatoms. The maximum atomic E-state index is 9.89. The summed E-state index contributed by atoms with van der Waals surface area (Å²) in [4.78, 5) is 0. The lowest BCUT2D eigenvalue weighted by molar-refractivity contribution is -0.0368. The first-order valence-corrected chi connectivity index (χ1v) is 6.25. The van der Waals surface area contributed by atoms with E-state index in [1.54, 1.807) is 0 Å². The molecule has 1 aromatic rings. The Morgan fingerprint density at radius 2 is 2.06 bits per heavy atom. The van der Waals surface area contributed by atoms with Gasteiger partial charge in [-0.25, -0.2) is 0 Å². The zero-order chi connectivity index (χ0) is 12.1. The van der Waals surface area contributed by atoms with Crippen molar-refractivity contribution in [1.29, 1.82) is 0 Å². The van der Waals surface area contributed by atoms with E-state index in [0.717, 1.165) is 19.3 Å². The highest BCUT2D eigenvalue weighted by Crippen LogP contribution is 2.27. The minimum absolute atomic E-state index is 0.182. The SMILES string of the molecule is C=C[C@@H]1CC[C@H](OCc2ccccc2)C[C@H]1O. The molecule has 0 aromatic heterocycles. The number of ether oxygens (including phenoxy) is 1. The molecule has 2 nitrogen and oxygen atoms in total. The number of hydrogen-bond donors (Lipinski definition) is 1. The van der Waals surface area contributed by atoms with Crippen LogP contribution in [0.4, 0.5) is 0 Å². The molecule has 0 unspecified atom stereocenters. The van der Waals surface area contributed by atoms with Gasteiger partial charge >= 0.3 is 0 Å². The van der Waals surface area contributed by atoms with Gasteiger partial charge in [0.1, 0.15) is 0 Å². The zero-order valence-electron chi connectivity index (χ0n) is 10.1. The van der Waals surface area contributed by atoms with Crippen LogP contribution in [0.1, 0.15) is 24.8 Å². The van der Waals surface area contributed by atoms with Crippen LogP contribution in [0.25, 0.3) is 0 Å². The Morgan fingerprint density at radius 3 is 2.71 bits per heavy atom. The van der Waals surface area contributed by atoms with Gasteiger partial charge in [0, 0.05) is 12.3 Å². The molecular formula is C15H20O2. The molecule has 1 N–H and O–H groups in total. The third-order valence-electron chi connectivity index (χ3n) is 3.45. The molecule has 0 spiro atoms. The van der Waals surface area contributed by atoms with Crippen LogP contribution in [-0.2, 0) is 11.3 Å². The molecule has 0 heterocycles. The highest BCUT2D eigenvalue weighted by Gasteiger charge is 2.27. The first kappa shape index (κ1) is 12.3. The summed E-state index contributed by atoms with van der Waals surface area (Å²) in [7, 11) is 0. The Balaban J connectivity index is 1.79. The third kappa shape index (κ3) is 3.42. The third-order valence-corrected chi connectivity index (χ3v) is 3.45. The molecule has 1 aliphatic carbocycles. The summed E-state index contributed by atoms with van der Waals surface area (Å²) >= 11 is 0. The van der Waals surface area contributed by atoms with E-state index < -0.39 is 0 Å². The predicted molar refractivity (Wildman–Crippen MR) is 68.6 cm³/mol.